The van der Waals surface area contributed by atoms with Gasteiger partial charge in [-0.05, 0) is 47.2 Å². The molecule has 4 nitrogen and oxygen atoms in total. The summed E-state index contributed by atoms with van der Waals surface area (Å²) < 4.78 is 0. The first-order valence-electron chi connectivity index (χ1n) is 6.16. The van der Waals surface area contributed by atoms with Gasteiger partial charge in [0.05, 0.1) is 6.04 Å². The molecule has 0 aromatic carbocycles. The zero-order valence-electron chi connectivity index (χ0n) is 11.0. The van der Waals surface area contributed by atoms with E-state index in [2.05, 4.69) is 36.3 Å². The third kappa shape index (κ3) is 3.46. The molecule has 0 aromatic heterocycles. The van der Waals surface area contributed by atoms with Crippen LogP contribution in [-0.2, 0) is 4.79 Å². The first-order valence-corrected chi connectivity index (χ1v) is 6.16. The molecule has 1 heterocycles. The molecular weight excluding hydrogens is 202 g/mol. The van der Waals surface area contributed by atoms with Crippen LogP contribution in [-0.4, -0.2) is 49.1 Å². The van der Waals surface area contributed by atoms with Crippen molar-refractivity contribution in [2.75, 3.05) is 26.7 Å². The van der Waals surface area contributed by atoms with Crippen molar-refractivity contribution in [3.05, 3.63) is 0 Å². The predicted molar refractivity (Wildman–Crippen MR) is 66.4 cm³/mol. The number of amides is 1. The summed E-state index contributed by atoms with van der Waals surface area (Å²) in [6.45, 7) is 9.22. The molecule has 1 saturated heterocycles. The highest BCUT2D eigenvalue weighted by Gasteiger charge is 2.34. The molecule has 1 amide bonds. The van der Waals surface area contributed by atoms with Crippen LogP contribution in [0.25, 0.3) is 0 Å². The summed E-state index contributed by atoms with van der Waals surface area (Å²) in [5.74, 6) is 0.183. The summed E-state index contributed by atoms with van der Waals surface area (Å²) in [6, 6.07) is 0.00921. The van der Waals surface area contributed by atoms with Crippen LogP contribution >= 0.6 is 0 Å². The van der Waals surface area contributed by atoms with E-state index in [4.69, 9.17) is 0 Å². The predicted octanol–water partition coefficient (Wildman–Crippen LogP) is 0.585. The highest BCUT2D eigenvalue weighted by molar-refractivity contribution is 5.82. The smallest absolute Gasteiger partial charge is 0.237 e. The molecule has 16 heavy (non-hydrogen) atoms. The quantitative estimate of drug-likeness (QED) is 0.741. The Morgan fingerprint density at radius 1 is 1.50 bits per heavy atom. The van der Waals surface area contributed by atoms with Gasteiger partial charge in [-0.3, -0.25) is 9.69 Å². The van der Waals surface area contributed by atoms with Crippen LogP contribution in [0.4, 0.5) is 0 Å². The van der Waals surface area contributed by atoms with Gasteiger partial charge in [0.2, 0.25) is 5.91 Å². The van der Waals surface area contributed by atoms with E-state index >= 15 is 0 Å². The topological polar surface area (TPSA) is 44.4 Å². The monoisotopic (exact) mass is 227 g/mol. The summed E-state index contributed by atoms with van der Waals surface area (Å²) in [5, 5.41) is 6.12. The second kappa shape index (κ2) is 5.64. The molecule has 2 N–H and O–H groups in total. The van der Waals surface area contributed by atoms with Gasteiger partial charge >= 0.3 is 0 Å². The molecule has 1 unspecified atom stereocenters. The summed E-state index contributed by atoms with van der Waals surface area (Å²) in [6.07, 6.45) is 1.92. The molecular formula is C12H25N3O. The maximum Gasteiger partial charge on any atom is 0.237 e. The van der Waals surface area contributed by atoms with Crippen molar-refractivity contribution in [3.8, 4) is 0 Å². The molecule has 1 aliphatic rings. The van der Waals surface area contributed by atoms with Gasteiger partial charge < -0.3 is 10.6 Å². The molecule has 94 valence electrons. The molecule has 1 aliphatic heterocycles. The van der Waals surface area contributed by atoms with Crippen molar-refractivity contribution < 1.29 is 4.79 Å². The number of rotatable bonds is 3. The van der Waals surface area contributed by atoms with Gasteiger partial charge in [0.15, 0.2) is 0 Å². The number of carbonyl (C=O) groups excluding carboxylic acids is 1. The van der Waals surface area contributed by atoms with Crippen LogP contribution in [0.15, 0.2) is 0 Å². The minimum atomic E-state index is 0.00921. The molecule has 0 aliphatic carbocycles. The third-order valence-electron chi connectivity index (χ3n) is 3.08. The fourth-order valence-electron chi connectivity index (χ4n) is 2.25. The standard InChI is InChI=1S/C12H25N3O/c1-12(2,3)15-9-5-7-14-11(16)10(15)6-8-13-4/h10,13H,5-9H2,1-4H3,(H,14,16). The lowest BCUT2D eigenvalue weighted by Gasteiger charge is -2.39. The Hall–Kier alpha value is -0.610. The van der Waals surface area contributed by atoms with Crippen molar-refractivity contribution >= 4 is 5.91 Å². The van der Waals surface area contributed by atoms with Crippen LogP contribution in [0.3, 0.4) is 0 Å². The van der Waals surface area contributed by atoms with Gasteiger partial charge in [-0.25, -0.2) is 0 Å². The zero-order valence-corrected chi connectivity index (χ0v) is 11.0. The van der Waals surface area contributed by atoms with E-state index < -0.39 is 0 Å². The molecule has 0 aromatic rings. The zero-order chi connectivity index (χ0) is 12.2. The fraction of sp³-hybridized carbons (Fsp3) is 0.917. The maximum atomic E-state index is 12.0. The maximum absolute atomic E-state index is 12.0. The second-order valence-electron chi connectivity index (χ2n) is 5.42. The number of hydrogen-bond donors (Lipinski definition) is 2. The van der Waals surface area contributed by atoms with Gasteiger partial charge in [0.1, 0.15) is 0 Å². The summed E-state index contributed by atoms with van der Waals surface area (Å²) in [4.78, 5) is 14.3. The van der Waals surface area contributed by atoms with Gasteiger partial charge in [-0.1, -0.05) is 0 Å². The van der Waals surface area contributed by atoms with Gasteiger partial charge in [-0.2, -0.15) is 0 Å². The Bertz CT molecular complexity index is 235. The van der Waals surface area contributed by atoms with Gasteiger partial charge in [0, 0.05) is 18.6 Å². The van der Waals surface area contributed by atoms with E-state index in [1.807, 2.05) is 7.05 Å². The first kappa shape index (κ1) is 13.5. The van der Waals surface area contributed by atoms with E-state index in [1.165, 1.54) is 0 Å². The lowest BCUT2D eigenvalue weighted by molar-refractivity contribution is -0.127. The fourth-order valence-corrected chi connectivity index (χ4v) is 2.25. The van der Waals surface area contributed by atoms with Crippen LogP contribution in [0.2, 0.25) is 0 Å². The van der Waals surface area contributed by atoms with Crippen LogP contribution in [0.1, 0.15) is 33.6 Å². The Morgan fingerprint density at radius 2 is 2.19 bits per heavy atom. The molecule has 0 radical (unpaired) electrons. The number of nitrogens with zero attached hydrogens (tertiary/aromatic N) is 1. The molecule has 0 spiro atoms. The van der Waals surface area contributed by atoms with Crippen molar-refractivity contribution in [1.29, 1.82) is 0 Å². The van der Waals surface area contributed by atoms with Gasteiger partial charge in [-0.15, -0.1) is 0 Å². The normalized spacial score (nSPS) is 24.0. The van der Waals surface area contributed by atoms with Crippen molar-refractivity contribution in [1.82, 2.24) is 15.5 Å². The van der Waals surface area contributed by atoms with E-state index in [0.717, 1.165) is 32.5 Å². The molecule has 1 fully saturated rings. The molecule has 0 saturated carbocycles. The van der Waals surface area contributed by atoms with Crippen LogP contribution in [0, 0.1) is 0 Å². The van der Waals surface area contributed by atoms with E-state index in [1.54, 1.807) is 0 Å². The Morgan fingerprint density at radius 3 is 2.75 bits per heavy atom. The average Bonchev–Trinajstić information content (AvgIpc) is 2.36. The summed E-state index contributed by atoms with van der Waals surface area (Å²) in [5.41, 5.74) is 0.0556. The second-order valence-corrected chi connectivity index (χ2v) is 5.42. The molecule has 0 bridgehead atoms. The highest BCUT2D eigenvalue weighted by atomic mass is 16.2. The summed E-state index contributed by atoms with van der Waals surface area (Å²) >= 11 is 0. The van der Waals surface area contributed by atoms with Crippen molar-refractivity contribution in [2.24, 2.45) is 0 Å². The SMILES string of the molecule is CNCCC1C(=O)NCCCN1C(C)(C)C. The third-order valence-corrected chi connectivity index (χ3v) is 3.08. The number of carbonyl (C=O) groups is 1. The lowest BCUT2D eigenvalue weighted by Crippen LogP contribution is -2.53. The minimum absolute atomic E-state index is 0.00921. The van der Waals surface area contributed by atoms with Crippen LogP contribution < -0.4 is 10.6 Å². The summed E-state index contributed by atoms with van der Waals surface area (Å²) in [7, 11) is 1.93. The Kier molecular flexibility index (Phi) is 4.74. The lowest BCUT2D eigenvalue weighted by atomic mass is 10.0. The average molecular weight is 227 g/mol. The first-order chi connectivity index (χ1) is 7.46. The minimum Gasteiger partial charge on any atom is -0.355 e. The molecule has 1 atom stereocenters. The van der Waals surface area contributed by atoms with E-state index in [-0.39, 0.29) is 17.5 Å². The number of hydrogen-bond acceptors (Lipinski definition) is 3. The van der Waals surface area contributed by atoms with Gasteiger partial charge in [0.25, 0.3) is 0 Å². The molecule has 4 heteroatoms. The molecule has 1 rings (SSSR count). The Labute approximate surface area is 98.8 Å². The van der Waals surface area contributed by atoms with E-state index in [0.29, 0.717) is 0 Å². The largest absolute Gasteiger partial charge is 0.355 e. The highest BCUT2D eigenvalue weighted by Crippen LogP contribution is 2.20. The van der Waals surface area contributed by atoms with Crippen molar-refractivity contribution in [3.63, 3.8) is 0 Å². The Balaban J connectivity index is 2.77. The van der Waals surface area contributed by atoms with Crippen LogP contribution in [0.5, 0.6) is 0 Å². The van der Waals surface area contributed by atoms with E-state index in [9.17, 15) is 4.79 Å². The van der Waals surface area contributed by atoms with Crippen molar-refractivity contribution in [2.45, 2.75) is 45.2 Å². The number of nitrogens with one attached hydrogen (secondary N) is 2.